The molecule has 4 saturated carbocycles. The second-order valence-corrected chi connectivity index (χ2v) is 16.6. The SMILES string of the molecule is C[C@]12CC[C@@H]3c4ccc(C(OC(C(=O)O)c5ccc6c(c5)CC[C@@H]5[C@@H]6CC[C@]6(C)[C@@H](O)CC[C@@H]56)C(=O)O)cc4CC[C@H]3[C@@H]1CC[C@@H]2O. The van der Waals surface area contributed by atoms with Crippen LogP contribution in [0.4, 0.5) is 0 Å². The third-order valence-corrected chi connectivity index (χ3v) is 14.7. The summed E-state index contributed by atoms with van der Waals surface area (Å²) in [7, 11) is 0. The van der Waals surface area contributed by atoms with E-state index in [1.54, 1.807) is 0 Å². The van der Waals surface area contributed by atoms with Crippen LogP contribution in [0.5, 0.6) is 0 Å². The summed E-state index contributed by atoms with van der Waals surface area (Å²) in [5.41, 5.74) is 5.85. The number of aliphatic hydroxyl groups excluding tert-OH is 2. The van der Waals surface area contributed by atoms with E-state index in [1.807, 2.05) is 24.3 Å². The average molecular weight is 643 g/mol. The van der Waals surface area contributed by atoms with Gasteiger partial charge >= 0.3 is 11.9 Å². The maximum absolute atomic E-state index is 12.6. The number of rotatable bonds is 6. The Morgan fingerprint density at radius 3 is 1.49 bits per heavy atom. The molecule has 252 valence electrons. The normalized spacial score (nSPS) is 39.7. The molecule has 7 heteroatoms. The van der Waals surface area contributed by atoms with E-state index in [0.717, 1.165) is 88.2 Å². The highest BCUT2D eigenvalue weighted by Crippen LogP contribution is 2.62. The molecule has 6 aliphatic rings. The predicted octanol–water partition coefficient (Wildman–Crippen LogP) is 7.09. The predicted molar refractivity (Wildman–Crippen MR) is 176 cm³/mol. The molecule has 0 spiro atoms. The number of aliphatic carboxylic acids is 2. The van der Waals surface area contributed by atoms with Gasteiger partial charge in [0.25, 0.3) is 0 Å². The van der Waals surface area contributed by atoms with Crippen molar-refractivity contribution in [2.75, 3.05) is 0 Å². The molecule has 8 rings (SSSR count). The van der Waals surface area contributed by atoms with E-state index in [1.165, 1.54) is 11.1 Å². The van der Waals surface area contributed by atoms with Gasteiger partial charge in [0.2, 0.25) is 0 Å². The molecule has 4 N–H and O–H groups in total. The Morgan fingerprint density at radius 1 is 0.660 bits per heavy atom. The third kappa shape index (κ3) is 4.85. The fraction of sp³-hybridized carbons (Fsp3) is 0.650. The van der Waals surface area contributed by atoms with E-state index in [9.17, 15) is 30.0 Å². The van der Waals surface area contributed by atoms with E-state index >= 15 is 0 Å². The van der Waals surface area contributed by atoms with Gasteiger partial charge in [-0.05, 0) is 157 Å². The van der Waals surface area contributed by atoms with Crippen LogP contribution < -0.4 is 0 Å². The van der Waals surface area contributed by atoms with E-state index in [-0.39, 0.29) is 23.0 Å². The lowest BCUT2D eigenvalue weighted by Gasteiger charge is -2.50. The van der Waals surface area contributed by atoms with Gasteiger partial charge in [-0.25, -0.2) is 9.59 Å². The topological polar surface area (TPSA) is 124 Å². The smallest absolute Gasteiger partial charge is 0.337 e. The van der Waals surface area contributed by atoms with E-state index in [2.05, 4.69) is 26.0 Å². The Hall–Kier alpha value is -2.74. The zero-order valence-corrected chi connectivity index (χ0v) is 27.7. The molecule has 0 amide bonds. The van der Waals surface area contributed by atoms with Crippen molar-refractivity contribution in [2.45, 2.75) is 127 Å². The summed E-state index contributed by atoms with van der Waals surface area (Å²) in [6, 6.07) is 11.7. The monoisotopic (exact) mass is 642 g/mol. The number of hydrogen-bond donors (Lipinski definition) is 4. The number of fused-ring (bicyclic) bond motifs is 10. The summed E-state index contributed by atoms with van der Waals surface area (Å²) < 4.78 is 6.05. The van der Waals surface area contributed by atoms with E-state index in [4.69, 9.17) is 4.74 Å². The van der Waals surface area contributed by atoms with E-state index < -0.39 is 24.1 Å². The summed E-state index contributed by atoms with van der Waals surface area (Å²) >= 11 is 0. The van der Waals surface area contributed by atoms with Crippen molar-refractivity contribution in [3.63, 3.8) is 0 Å². The lowest BCUT2D eigenvalue weighted by Crippen LogP contribution is -2.44. The molecule has 47 heavy (non-hydrogen) atoms. The van der Waals surface area contributed by atoms with Crippen LogP contribution >= 0.6 is 0 Å². The molecule has 0 aromatic heterocycles. The fourth-order valence-electron chi connectivity index (χ4n) is 12.2. The second kappa shape index (κ2) is 11.4. The van der Waals surface area contributed by atoms with Gasteiger partial charge in [0, 0.05) is 0 Å². The van der Waals surface area contributed by atoms with Crippen LogP contribution in [-0.2, 0) is 27.2 Å². The van der Waals surface area contributed by atoms with Crippen LogP contribution in [0.1, 0.15) is 135 Å². The molecule has 4 fully saturated rings. The molecular weight excluding hydrogens is 592 g/mol. The minimum absolute atomic E-state index is 0.00241. The first-order chi connectivity index (χ1) is 22.5. The summed E-state index contributed by atoms with van der Waals surface area (Å²) in [6.45, 7) is 4.54. The lowest BCUT2D eigenvalue weighted by molar-refractivity contribution is -0.166. The van der Waals surface area contributed by atoms with Crippen molar-refractivity contribution < 1.29 is 34.8 Å². The molecule has 0 heterocycles. The molecule has 2 aromatic carbocycles. The number of aliphatic hydroxyl groups is 2. The highest BCUT2D eigenvalue weighted by Gasteiger charge is 2.55. The number of carboxylic acids is 2. The number of ether oxygens (including phenoxy) is 1. The van der Waals surface area contributed by atoms with Crippen molar-refractivity contribution >= 4 is 11.9 Å². The Morgan fingerprint density at radius 2 is 1.09 bits per heavy atom. The van der Waals surface area contributed by atoms with Crippen molar-refractivity contribution in [3.05, 3.63) is 69.8 Å². The largest absolute Gasteiger partial charge is 0.479 e. The fourth-order valence-corrected chi connectivity index (χ4v) is 12.2. The van der Waals surface area contributed by atoms with Gasteiger partial charge in [-0.2, -0.15) is 0 Å². The highest BCUT2D eigenvalue weighted by atomic mass is 16.5. The molecule has 7 nitrogen and oxygen atoms in total. The highest BCUT2D eigenvalue weighted by molar-refractivity contribution is 5.78. The first-order valence-corrected chi connectivity index (χ1v) is 18.2. The zero-order valence-electron chi connectivity index (χ0n) is 27.7. The number of hydrogen-bond acceptors (Lipinski definition) is 5. The van der Waals surface area contributed by atoms with Gasteiger partial charge in [0.1, 0.15) is 0 Å². The van der Waals surface area contributed by atoms with Crippen LogP contribution in [0.25, 0.3) is 0 Å². The molecule has 2 aromatic rings. The molecule has 2 unspecified atom stereocenters. The molecule has 0 bridgehead atoms. The average Bonchev–Trinajstić information content (AvgIpc) is 3.54. The van der Waals surface area contributed by atoms with Gasteiger partial charge in [-0.3, -0.25) is 0 Å². The maximum atomic E-state index is 12.6. The van der Waals surface area contributed by atoms with Gasteiger partial charge in [0.05, 0.1) is 12.2 Å². The van der Waals surface area contributed by atoms with Gasteiger partial charge in [-0.1, -0.05) is 50.2 Å². The van der Waals surface area contributed by atoms with Crippen LogP contribution in [0.15, 0.2) is 36.4 Å². The minimum Gasteiger partial charge on any atom is -0.479 e. The second-order valence-electron chi connectivity index (χ2n) is 16.6. The lowest BCUT2D eigenvalue weighted by atomic mass is 9.55. The standard InChI is InChI=1S/C40H50O7/c1-39-17-15-27-25-7-5-23(19-21(25)3-9-29(27)31(39)11-13-33(39)41)35(37(43)44)47-36(38(45)46)24-6-8-26-22(20-24)4-10-30-28(26)16-18-40(2)32(30)12-14-34(40)42/h5-8,19-20,27-36,41-42H,3-4,9-18H2,1-2H3,(H,43,44)(H,45,46)/t27-,28-,29-,30-,31+,32+,33+,34+,35?,36?,39+,40+/m1/s1. The van der Waals surface area contributed by atoms with Crippen LogP contribution in [0, 0.1) is 34.5 Å². The summed E-state index contributed by atoms with van der Waals surface area (Å²) in [4.78, 5) is 25.3. The quantitative estimate of drug-likeness (QED) is 0.265. The molecule has 6 aliphatic carbocycles. The van der Waals surface area contributed by atoms with Crippen molar-refractivity contribution in [1.29, 1.82) is 0 Å². The summed E-state index contributed by atoms with van der Waals surface area (Å²) in [6.07, 6.45) is 8.53. The Labute approximate surface area is 277 Å². The summed E-state index contributed by atoms with van der Waals surface area (Å²) in [5, 5.41) is 42.1. The number of aryl methyl sites for hydroxylation is 2. The van der Waals surface area contributed by atoms with E-state index in [0.29, 0.717) is 46.6 Å². The van der Waals surface area contributed by atoms with Gasteiger partial charge < -0.3 is 25.2 Å². The van der Waals surface area contributed by atoms with Crippen LogP contribution in [0.2, 0.25) is 0 Å². The van der Waals surface area contributed by atoms with Gasteiger partial charge in [0.15, 0.2) is 12.2 Å². The molecule has 12 atom stereocenters. The number of benzene rings is 2. The molecule has 0 saturated heterocycles. The maximum Gasteiger partial charge on any atom is 0.337 e. The van der Waals surface area contributed by atoms with Crippen molar-refractivity contribution in [3.8, 4) is 0 Å². The molecule has 0 aliphatic heterocycles. The zero-order chi connectivity index (χ0) is 32.8. The Kier molecular flexibility index (Phi) is 7.66. The number of carboxylic acid groups (broad SMARTS) is 2. The van der Waals surface area contributed by atoms with Crippen LogP contribution in [-0.4, -0.2) is 44.6 Å². The minimum atomic E-state index is -1.40. The van der Waals surface area contributed by atoms with Gasteiger partial charge in [-0.15, -0.1) is 0 Å². The molecule has 0 radical (unpaired) electrons. The Bertz CT molecular complexity index is 1470. The molecular formula is C40H50O7. The van der Waals surface area contributed by atoms with Crippen molar-refractivity contribution in [2.24, 2.45) is 34.5 Å². The Balaban J connectivity index is 1.03. The summed E-state index contributed by atoms with van der Waals surface area (Å²) in [5.74, 6) is 0.562. The van der Waals surface area contributed by atoms with Crippen molar-refractivity contribution in [1.82, 2.24) is 0 Å². The van der Waals surface area contributed by atoms with Crippen LogP contribution in [0.3, 0.4) is 0 Å². The number of carbonyl (C=O) groups is 2. The first kappa shape index (κ1) is 31.5. The third-order valence-electron chi connectivity index (χ3n) is 14.7. The first-order valence-electron chi connectivity index (χ1n) is 18.2.